The largest absolute Gasteiger partial charge is 0.477 e. The van der Waals surface area contributed by atoms with Crippen LogP contribution < -0.4 is 5.32 Å². The van der Waals surface area contributed by atoms with Crippen molar-refractivity contribution >= 4 is 33.5 Å². The highest BCUT2D eigenvalue weighted by molar-refractivity contribution is 9.10. The van der Waals surface area contributed by atoms with Crippen LogP contribution in [-0.2, 0) is 11.3 Å². The molecule has 0 aliphatic heterocycles. The summed E-state index contributed by atoms with van der Waals surface area (Å²) in [7, 11) is 0. The van der Waals surface area contributed by atoms with Gasteiger partial charge < -0.3 is 15.0 Å². The molecule has 0 unspecified atom stereocenters. The van der Waals surface area contributed by atoms with Gasteiger partial charge in [0.15, 0.2) is 0 Å². The molecule has 1 aromatic heterocycles. The second-order valence-electron chi connectivity index (χ2n) is 4.18. The van der Waals surface area contributed by atoms with Crippen molar-refractivity contribution in [2.75, 3.05) is 5.32 Å². The van der Waals surface area contributed by atoms with E-state index in [1.165, 1.54) is 16.8 Å². The number of rotatable bonds is 4. The van der Waals surface area contributed by atoms with Gasteiger partial charge in [-0.3, -0.25) is 4.79 Å². The van der Waals surface area contributed by atoms with Crippen LogP contribution in [0, 0.1) is 11.3 Å². The second kappa shape index (κ2) is 6.24. The summed E-state index contributed by atoms with van der Waals surface area (Å²) in [5.74, 6) is -1.45. The highest BCUT2D eigenvalue weighted by Crippen LogP contribution is 2.23. The monoisotopic (exact) mass is 347 g/mol. The number of aromatic carboxylic acids is 1. The maximum Gasteiger partial charge on any atom is 0.352 e. The van der Waals surface area contributed by atoms with E-state index in [1.54, 1.807) is 24.3 Å². The molecule has 0 saturated heterocycles. The minimum Gasteiger partial charge on any atom is -0.477 e. The van der Waals surface area contributed by atoms with Crippen molar-refractivity contribution in [1.82, 2.24) is 4.57 Å². The number of nitrogens with zero attached hydrogens (tertiary/aromatic N) is 2. The predicted molar refractivity (Wildman–Crippen MR) is 78.9 cm³/mol. The Morgan fingerprint density at radius 1 is 1.38 bits per heavy atom. The van der Waals surface area contributed by atoms with Gasteiger partial charge in [-0.05, 0) is 46.3 Å². The average Bonchev–Trinajstić information content (AvgIpc) is 2.89. The minimum atomic E-state index is -1.09. The number of nitrogens with one attached hydrogen (secondary N) is 1. The number of benzene rings is 1. The van der Waals surface area contributed by atoms with Gasteiger partial charge in [0.2, 0.25) is 5.91 Å². The summed E-state index contributed by atoms with van der Waals surface area (Å²) in [5, 5.41) is 20.4. The fourth-order valence-corrected chi connectivity index (χ4v) is 2.25. The number of carboxylic acid groups (broad SMARTS) is 1. The molecular weight excluding hydrogens is 338 g/mol. The molecule has 0 bridgehead atoms. The lowest BCUT2D eigenvalue weighted by atomic mass is 10.2. The summed E-state index contributed by atoms with van der Waals surface area (Å²) in [6.45, 7) is -0.110. The van der Waals surface area contributed by atoms with E-state index in [1.807, 2.05) is 6.07 Å². The summed E-state index contributed by atoms with van der Waals surface area (Å²) < 4.78 is 1.93. The smallest absolute Gasteiger partial charge is 0.352 e. The molecule has 1 heterocycles. The molecule has 7 heteroatoms. The fraction of sp³-hybridized carbons (Fsp3) is 0.0714. The van der Waals surface area contributed by atoms with Crippen molar-refractivity contribution < 1.29 is 14.7 Å². The van der Waals surface area contributed by atoms with E-state index in [0.717, 1.165) is 0 Å². The first kappa shape index (κ1) is 14.8. The lowest BCUT2D eigenvalue weighted by Crippen LogP contribution is -2.21. The molecule has 0 atom stereocenters. The van der Waals surface area contributed by atoms with Crippen molar-refractivity contribution in [2.24, 2.45) is 0 Å². The van der Waals surface area contributed by atoms with E-state index in [9.17, 15) is 9.59 Å². The number of carboxylic acids is 1. The van der Waals surface area contributed by atoms with Gasteiger partial charge in [0.1, 0.15) is 12.2 Å². The quantitative estimate of drug-likeness (QED) is 0.887. The number of aromatic nitrogens is 1. The number of nitriles is 1. The number of amides is 1. The van der Waals surface area contributed by atoms with Gasteiger partial charge >= 0.3 is 5.97 Å². The molecule has 0 aliphatic carbocycles. The SMILES string of the molecule is N#Cc1ccc(NC(=O)Cn2cccc2C(=O)O)c(Br)c1. The van der Waals surface area contributed by atoms with Crippen molar-refractivity contribution in [1.29, 1.82) is 5.26 Å². The Labute approximate surface area is 128 Å². The molecule has 2 rings (SSSR count). The van der Waals surface area contributed by atoms with E-state index in [-0.39, 0.29) is 18.1 Å². The van der Waals surface area contributed by atoms with E-state index < -0.39 is 5.97 Å². The number of hydrogen-bond donors (Lipinski definition) is 2. The first-order chi connectivity index (χ1) is 10.0. The van der Waals surface area contributed by atoms with Gasteiger partial charge in [0.05, 0.1) is 17.3 Å². The summed E-state index contributed by atoms with van der Waals surface area (Å²) in [6, 6.07) is 9.76. The Kier molecular flexibility index (Phi) is 4.40. The van der Waals surface area contributed by atoms with Crippen molar-refractivity contribution in [3.8, 4) is 6.07 Å². The molecule has 0 radical (unpaired) electrons. The standard InChI is InChI=1S/C14H10BrN3O3/c15-10-6-9(7-16)3-4-11(10)17-13(19)8-18-5-1-2-12(18)14(20)21/h1-6H,8H2,(H,17,19)(H,20,21). The Hall–Kier alpha value is -2.59. The molecule has 6 nitrogen and oxygen atoms in total. The lowest BCUT2D eigenvalue weighted by Gasteiger charge is -2.09. The van der Waals surface area contributed by atoms with Crippen LogP contribution in [0.4, 0.5) is 5.69 Å². The van der Waals surface area contributed by atoms with Crippen LogP contribution in [0.2, 0.25) is 0 Å². The summed E-state index contributed by atoms with van der Waals surface area (Å²) in [5.41, 5.74) is 1.03. The van der Waals surface area contributed by atoms with Crippen LogP contribution >= 0.6 is 15.9 Å². The first-order valence-corrected chi connectivity index (χ1v) is 6.68. The molecule has 0 spiro atoms. The van der Waals surface area contributed by atoms with Gasteiger partial charge in [-0.15, -0.1) is 0 Å². The number of carbonyl (C=O) groups excluding carboxylic acids is 1. The summed E-state index contributed by atoms with van der Waals surface area (Å²) in [6.07, 6.45) is 1.52. The van der Waals surface area contributed by atoms with E-state index in [0.29, 0.717) is 15.7 Å². The third-order valence-electron chi connectivity index (χ3n) is 2.73. The number of carbonyl (C=O) groups is 2. The normalized spacial score (nSPS) is 9.90. The van der Waals surface area contributed by atoms with Crippen LogP contribution in [0.5, 0.6) is 0 Å². The Bertz CT molecular complexity index is 746. The van der Waals surface area contributed by atoms with Gasteiger partial charge in [-0.1, -0.05) is 0 Å². The maximum atomic E-state index is 12.0. The molecule has 21 heavy (non-hydrogen) atoms. The Morgan fingerprint density at radius 3 is 2.76 bits per heavy atom. The second-order valence-corrected chi connectivity index (χ2v) is 5.04. The fourth-order valence-electron chi connectivity index (χ4n) is 1.78. The molecule has 1 aromatic carbocycles. The van der Waals surface area contributed by atoms with Crippen LogP contribution in [-0.4, -0.2) is 21.6 Å². The van der Waals surface area contributed by atoms with E-state index in [4.69, 9.17) is 10.4 Å². The van der Waals surface area contributed by atoms with Crippen molar-refractivity contribution in [3.05, 3.63) is 52.3 Å². The van der Waals surface area contributed by atoms with Crippen molar-refractivity contribution in [3.63, 3.8) is 0 Å². The maximum absolute atomic E-state index is 12.0. The molecular formula is C14H10BrN3O3. The molecule has 2 aromatic rings. The molecule has 0 fully saturated rings. The minimum absolute atomic E-state index is 0.0454. The first-order valence-electron chi connectivity index (χ1n) is 5.89. The molecule has 106 valence electrons. The molecule has 1 amide bonds. The third kappa shape index (κ3) is 3.49. The van der Waals surface area contributed by atoms with Gasteiger partial charge in [-0.2, -0.15) is 5.26 Å². The van der Waals surface area contributed by atoms with E-state index >= 15 is 0 Å². The highest BCUT2D eigenvalue weighted by atomic mass is 79.9. The Balaban J connectivity index is 2.10. The predicted octanol–water partition coefficient (Wildman–Crippen LogP) is 2.46. The van der Waals surface area contributed by atoms with Crippen LogP contribution in [0.3, 0.4) is 0 Å². The van der Waals surface area contributed by atoms with E-state index in [2.05, 4.69) is 21.2 Å². The summed E-state index contributed by atoms with van der Waals surface area (Å²) in [4.78, 5) is 22.9. The number of anilines is 1. The zero-order valence-corrected chi connectivity index (χ0v) is 12.3. The lowest BCUT2D eigenvalue weighted by molar-refractivity contribution is -0.116. The van der Waals surface area contributed by atoms with Crippen LogP contribution in [0.1, 0.15) is 16.1 Å². The Morgan fingerprint density at radius 2 is 2.14 bits per heavy atom. The summed E-state index contributed by atoms with van der Waals surface area (Å²) >= 11 is 3.27. The third-order valence-corrected chi connectivity index (χ3v) is 3.39. The van der Waals surface area contributed by atoms with Crippen molar-refractivity contribution in [2.45, 2.75) is 6.54 Å². The molecule has 0 saturated carbocycles. The zero-order valence-electron chi connectivity index (χ0n) is 10.7. The molecule has 2 N–H and O–H groups in total. The van der Waals surface area contributed by atoms with Gasteiger partial charge in [0.25, 0.3) is 0 Å². The van der Waals surface area contributed by atoms with Gasteiger partial charge in [-0.25, -0.2) is 4.79 Å². The number of hydrogen-bond acceptors (Lipinski definition) is 3. The highest BCUT2D eigenvalue weighted by Gasteiger charge is 2.12. The topological polar surface area (TPSA) is 95.1 Å². The molecule has 0 aliphatic rings. The van der Waals surface area contributed by atoms with Crippen LogP contribution in [0.25, 0.3) is 0 Å². The number of halogens is 1. The zero-order chi connectivity index (χ0) is 15.4. The average molecular weight is 348 g/mol. The van der Waals surface area contributed by atoms with Gasteiger partial charge in [0, 0.05) is 10.7 Å². The van der Waals surface area contributed by atoms with Crippen LogP contribution in [0.15, 0.2) is 41.0 Å².